The standard InChI is InChI=1S/C17H22O3/c1-15(2,3)16-13-10-7-11-14(13)18-17(16,20-19-16)12-8-5-4-6-9-12/h4-6,8-9,13-14H,7,10-11H2,1-3H3/t13-,14+,16-,17+/m1/s1. The summed E-state index contributed by atoms with van der Waals surface area (Å²) in [5.74, 6) is -0.293. The molecule has 0 aromatic heterocycles. The van der Waals surface area contributed by atoms with Crippen molar-refractivity contribution < 1.29 is 14.5 Å². The molecule has 0 radical (unpaired) electrons. The highest BCUT2D eigenvalue weighted by Crippen LogP contribution is 2.69. The quantitative estimate of drug-likeness (QED) is 0.729. The second kappa shape index (κ2) is 3.85. The minimum atomic E-state index is -0.720. The van der Waals surface area contributed by atoms with Gasteiger partial charge in [0.2, 0.25) is 0 Å². The smallest absolute Gasteiger partial charge is 0.261 e. The molecule has 0 N–H and O–H groups in total. The lowest BCUT2D eigenvalue weighted by Gasteiger charge is -2.58. The van der Waals surface area contributed by atoms with E-state index in [0.717, 1.165) is 12.0 Å². The van der Waals surface area contributed by atoms with E-state index in [-0.39, 0.29) is 17.1 Å². The van der Waals surface area contributed by atoms with Gasteiger partial charge in [0.05, 0.1) is 6.10 Å². The Morgan fingerprint density at radius 2 is 1.80 bits per heavy atom. The van der Waals surface area contributed by atoms with Gasteiger partial charge in [0, 0.05) is 16.9 Å². The van der Waals surface area contributed by atoms with E-state index in [0.29, 0.717) is 5.92 Å². The van der Waals surface area contributed by atoms with Crippen LogP contribution in [-0.4, -0.2) is 11.7 Å². The average Bonchev–Trinajstić information content (AvgIpc) is 2.88. The summed E-state index contributed by atoms with van der Waals surface area (Å²) in [5, 5.41) is 0. The van der Waals surface area contributed by atoms with Crippen LogP contribution in [0, 0.1) is 11.3 Å². The zero-order valence-corrected chi connectivity index (χ0v) is 12.4. The molecule has 1 aromatic carbocycles. The van der Waals surface area contributed by atoms with Crippen molar-refractivity contribution in [1.82, 2.24) is 0 Å². The molecule has 20 heavy (non-hydrogen) atoms. The van der Waals surface area contributed by atoms with Crippen molar-refractivity contribution in [3.05, 3.63) is 35.9 Å². The third-order valence-corrected chi connectivity index (χ3v) is 5.34. The number of ether oxygens (including phenoxy) is 1. The Labute approximate surface area is 120 Å². The molecule has 2 aliphatic heterocycles. The lowest BCUT2D eigenvalue weighted by atomic mass is 9.62. The summed E-state index contributed by atoms with van der Waals surface area (Å²) in [6.07, 6.45) is 3.77. The van der Waals surface area contributed by atoms with Crippen molar-refractivity contribution in [2.24, 2.45) is 11.3 Å². The second-order valence-electron chi connectivity index (χ2n) is 7.33. The van der Waals surface area contributed by atoms with E-state index in [1.807, 2.05) is 18.2 Å². The molecule has 0 bridgehead atoms. The zero-order chi connectivity index (χ0) is 14.0. The van der Waals surface area contributed by atoms with Crippen molar-refractivity contribution in [2.45, 2.75) is 57.5 Å². The van der Waals surface area contributed by atoms with E-state index in [1.165, 1.54) is 12.8 Å². The van der Waals surface area contributed by atoms with Gasteiger partial charge in [0.25, 0.3) is 5.79 Å². The van der Waals surface area contributed by atoms with Crippen LogP contribution in [0.5, 0.6) is 0 Å². The maximum absolute atomic E-state index is 6.44. The van der Waals surface area contributed by atoms with Gasteiger partial charge in [-0.15, -0.1) is 0 Å². The van der Waals surface area contributed by atoms with Crippen LogP contribution < -0.4 is 0 Å². The van der Waals surface area contributed by atoms with Crippen LogP contribution in [0.4, 0.5) is 0 Å². The van der Waals surface area contributed by atoms with Crippen LogP contribution in [0.2, 0.25) is 0 Å². The fraction of sp³-hybridized carbons (Fsp3) is 0.647. The maximum Gasteiger partial charge on any atom is 0.261 e. The predicted molar refractivity (Wildman–Crippen MR) is 74.7 cm³/mol. The second-order valence-corrected chi connectivity index (χ2v) is 7.33. The summed E-state index contributed by atoms with van der Waals surface area (Å²) in [6.45, 7) is 6.70. The van der Waals surface area contributed by atoms with Gasteiger partial charge in [0.1, 0.15) is 0 Å². The summed E-state index contributed by atoms with van der Waals surface area (Å²) < 4.78 is 6.44. The lowest BCUT2D eigenvalue weighted by molar-refractivity contribution is -0.623. The monoisotopic (exact) mass is 274 g/mol. The van der Waals surface area contributed by atoms with E-state index in [2.05, 4.69) is 32.9 Å². The van der Waals surface area contributed by atoms with Gasteiger partial charge < -0.3 is 4.74 Å². The zero-order valence-electron chi connectivity index (χ0n) is 12.4. The number of hydrogen-bond donors (Lipinski definition) is 0. The summed E-state index contributed by atoms with van der Waals surface area (Å²) in [4.78, 5) is 11.5. The normalized spacial score (nSPS) is 43.0. The van der Waals surface area contributed by atoms with Crippen molar-refractivity contribution in [2.75, 3.05) is 0 Å². The first-order valence-electron chi connectivity index (χ1n) is 7.61. The molecule has 0 amide bonds. The predicted octanol–water partition coefficient (Wildman–Crippen LogP) is 3.79. The van der Waals surface area contributed by atoms with Gasteiger partial charge in [-0.1, -0.05) is 57.5 Å². The third-order valence-electron chi connectivity index (χ3n) is 5.34. The molecular formula is C17H22O3. The Hall–Kier alpha value is -0.900. The Morgan fingerprint density at radius 1 is 1.05 bits per heavy atom. The molecule has 108 valence electrons. The topological polar surface area (TPSA) is 27.7 Å². The summed E-state index contributed by atoms with van der Waals surface area (Å²) >= 11 is 0. The van der Waals surface area contributed by atoms with Crippen LogP contribution in [0.1, 0.15) is 45.6 Å². The maximum atomic E-state index is 6.44. The van der Waals surface area contributed by atoms with Crippen LogP contribution in [0.25, 0.3) is 0 Å². The number of rotatable bonds is 1. The molecule has 3 fully saturated rings. The molecule has 4 atom stereocenters. The van der Waals surface area contributed by atoms with E-state index in [1.54, 1.807) is 0 Å². The van der Waals surface area contributed by atoms with Gasteiger partial charge in [-0.2, -0.15) is 4.89 Å². The van der Waals surface area contributed by atoms with Crippen LogP contribution in [0.15, 0.2) is 30.3 Å². The molecule has 1 saturated carbocycles. The molecule has 0 unspecified atom stereocenters. The molecule has 1 aliphatic carbocycles. The number of fused-ring (bicyclic) bond motifs is 3. The molecule has 3 nitrogen and oxygen atoms in total. The molecular weight excluding hydrogens is 252 g/mol. The van der Waals surface area contributed by atoms with E-state index in [9.17, 15) is 0 Å². The third kappa shape index (κ3) is 1.27. The Balaban J connectivity index is 1.88. The molecule has 1 aromatic rings. The fourth-order valence-corrected chi connectivity index (χ4v) is 4.53. The van der Waals surface area contributed by atoms with Crippen LogP contribution in [0.3, 0.4) is 0 Å². The Morgan fingerprint density at radius 3 is 2.40 bits per heavy atom. The van der Waals surface area contributed by atoms with E-state index < -0.39 is 5.79 Å². The molecule has 3 aliphatic rings. The van der Waals surface area contributed by atoms with Crippen molar-refractivity contribution in [3.8, 4) is 0 Å². The summed E-state index contributed by atoms with van der Waals surface area (Å²) in [6, 6.07) is 10.3. The number of benzene rings is 1. The van der Waals surface area contributed by atoms with Gasteiger partial charge in [-0.25, -0.2) is 4.89 Å². The highest BCUT2D eigenvalue weighted by atomic mass is 17.3. The number of hydrogen-bond acceptors (Lipinski definition) is 3. The first-order valence-corrected chi connectivity index (χ1v) is 7.61. The molecule has 2 heterocycles. The van der Waals surface area contributed by atoms with Crippen LogP contribution >= 0.6 is 0 Å². The summed E-state index contributed by atoms with van der Waals surface area (Å²) in [7, 11) is 0. The highest BCUT2D eigenvalue weighted by Gasteiger charge is 2.80. The SMILES string of the molecule is CC(C)(C)[C@@]12OO[C@]1(c1ccccc1)O[C@H]1CCC[C@H]12. The van der Waals surface area contributed by atoms with Crippen molar-refractivity contribution in [1.29, 1.82) is 0 Å². The highest BCUT2D eigenvalue weighted by molar-refractivity contribution is 5.31. The first kappa shape index (κ1) is 12.8. The molecule has 2 saturated heterocycles. The van der Waals surface area contributed by atoms with E-state index >= 15 is 0 Å². The fourth-order valence-electron chi connectivity index (χ4n) is 4.53. The molecule has 4 rings (SSSR count). The van der Waals surface area contributed by atoms with Crippen LogP contribution in [-0.2, 0) is 20.3 Å². The van der Waals surface area contributed by atoms with Gasteiger partial charge in [0.15, 0.2) is 5.60 Å². The minimum absolute atomic E-state index is 0.0369. The minimum Gasteiger partial charge on any atom is -0.338 e. The first-order chi connectivity index (χ1) is 9.51. The Kier molecular flexibility index (Phi) is 2.46. The average molecular weight is 274 g/mol. The van der Waals surface area contributed by atoms with Gasteiger partial charge in [-0.05, 0) is 12.8 Å². The van der Waals surface area contributed by atoms with Gasteiger partial charge in [-0.3, -0.25) is 0 Å². The molecule has 0 spiro atoms. The summed E-state index contributed by atoms with van der Waals surface area (Å²) in [5.41, 5.74) is 0.670. The lowest BCUT2D eigenvalue weighted by Crippen LogP contribution is -2.70. The largest absolute Gasteiger partial charge is 0.338 e. The van der Waals surface area contributed by atoms with E-state index in [4.69, 9.17) is 14.5 Å². The van der Waals surface area contributed by atoms with Crippen molar-refractivity contribution in [3.63, 3.8) is 0 Å². The van der Waals surface area contributed by atoms with Crippen molar-refractivity contribution >= 4 is 0 Å². The Bertz CT molecular complexity index is 521. The van der Waals surface area contributed by atoms with Gasteiger partial charge >= 0.3 is 0 Å². The molecule has 3 heteroatoms.